The molecule has 0 fully saturated rings. The lowest BCUT2D eigenvalue weighted by molar-refractivity contribution is -0.142. The van der Waals surface area contributed by atoms with Gasteiger partial charge in [0, 0.05) is 6.42 Å². The summed E-state index contributed by atoms with van der Waals surface area (Å²) in [4.78, 5) is 14.6. The predicted molar refractivity (Wildman–Crippen MR) is 71.3 cm³/mol. The first kappa shape index (κ1) is 12.9. The topological polar surface area (TPSA) is 39.9 Å². The van der Waals surface area contributed by atoms with Crippen LogP contribution >= 0.6 is 0 Å². The van der Waals surface area contributed by atoms with Crippen LogP contribution in [0.4, 0.5) is 5.69 Å². The third-order valence-electron chi connectivity index (χ3n) is 2.74. The molecule has 0 amide bonds. The summed E-state index contributed by atoms with van der Waals surface area (Å²) >= 11 is 0. The largest absolute Gasteiger partial charge is 0.501 e. The van der Waals surface area contributed by atoms with Gasteiger partial charge in [-0.3, -0.25) is 0 Å². The normalized spacial score (nSPS) is 18.6. The molecule has 4 nitrogen and oxygen atoms in total. The fourth-order valence-electron chi connectivity index (χ4n) is 1.74. The molecular weight excluding hydrogens is 242 g/mol. The van der Waals surface area contributed by atoms with E-state index in [2.05, 4.69) is 4.85 Å². The maximum Gasteiger partial charge on any atom is 0.334 e. The van der Waals surface area contributed by atoms with E-state index in [-0.39, 0.29) is 12.1 Å². The lowest BCUT2D eigenvalue weighted by Gasteiger charge is -2.19. The second-order valence-corrected chi connectivity index (χ2v) is 4.06. The molecule has 1 aromatic rings. The molecule has 0 radical (unpaired) electrons. The predicted octanol–water partition coefficient (Wildman–Crippen LogP) is 3.10. The minimum absolute atomic E-state index is 0.312. The van der Waals surface area contributed by atoms with Gasteiger partial charge in [-0.2, -0.15) is 0 Å². The van der Waals surface area contributed by atoms with E-state index < -0.39 is 0 Å². The number of nitrogens with zero attached hydrogens (tertiary/aromatic N) is 1. The first-order valence-corrected chi connectivity index (χ1v) is 5.82. The molecule has 1 atom stereocenters. The van der Waals surface area contributed by atoms with Crippen molar-refractivity contribution < 1.29 is 14.3 Å². The van der Waals surface area contributed by atoms with Crippen molar-refractivity contribution in [3.05, 3.63) is 59.2 Å². The molecule has 0 saturated heterocycles. The average Bonchev–Trinajstić information content (AvgIpc) is 2.45. The Kier molecular flexibility index (Phi) is 3.99. The highest BCUT2D eigenvalue weighted by Crippen LogP contribution is 2.19. The molecule has 1 aromatic carbocycles. The summed E-state index contributed by atoms with van der Waals surface area (Å²) in [7, 11) is 1.54. The quantitative estimate of drug-likeness (QED) is 0.615. The van der Waals surface area contributed by atoms with E-state index in [1.165, 1.54) is 13.2 Å². The van der Waals surface area contributed by atoms with E-state index in [1.54, 1.807) is 12.1 Å². The molecule has 0 aliphatic carbocycles. The number of ether oxygens (including phenoxy) is 2. The van der Waals surface area contributed by atoms with Gasteiger partial charge in [-0.1, -0.05) is 30.3 Å². The standard InChI is InChI=1S/C15H13NO3/c1-16-12-6-3-11(4-7-12)5-8-13-9-14(18-2)10-15(17)19-13/h3-8,10,13H,9H2,2H3/b8-5+/t13-/m0/s1. The van der Waals surface area contributed by atoms with Gasteiger partial charge in [0.2, 0.25) is 0 Å². The van der Waals surface area contributed by atoms with Gasteiger partial charge in [0.25, 0.3) is 0 Å². The fourth-order valence-corrected chi connectivity index (χ4v) is 1.74. The Hall–Kier alpha value is -2.54. The average molecular weight is 255 g/mol. The lowest BCUT2D eigenvalue weighted by Crippen LogP contribution is -2.21. The van der Waals surface area contributed by atoms with Gasteiger partial charge in [0.1, 0.15) is 11.9 Å². The lowest BCUT2D eigenvalue weighted by atomic mass is 10.1. The number of cyclic esters (lactones) is 1. The van der Waals surface area contributed by atoms with Crippen LogP contribution in [0.15, 0.2) is 42.2 Å². The molecular formula is C15H13NO3. The molecule has 0 aromatic heterocycles. The first-order valence-electron chi connectivity index (χ1n) is 5.82. The summed E-state index contributed by atoms with van der Waals surface area (Å²) in [6, 6.07) is 7.20. The van der Waals surface area contributed by atoms with Gasteiger partial charge in [-0.15, -0.1) is 0 Å². The van der Waals surface area contributed by atoms with Gasteiger partial charge in [0.15, 0.2) is 5.69 Å². The Morgan fingerprint density at radius 3 is 2.79 bits per heavy atom. The molecule has 0 N–H and O–H groups in total. The Bertz CT molecular complexity index is 564. The molecule has 0 saturated carbocycles. The molecule has 96 valence electrons. The van der Waals surface area contributed by atoms with Crippen molar-refractivity contribution in [2.75, 3.05) is 7.11 Å². The van der Waals surface area contributed by atoms with Crippen molar-refractivity contribution in [1.29, 1.82) is 0 Å². The number of benzene rings is 1. The molecule has 4 heteroatoms. The molecule has 0 unspecified atom stereocenters. The van der Waals surface area contributed by atoms with E-state index >= 15 is 0 Å². The van der Waals surface area contributed by atoms with Gasteiger partial charge in [0.05, 0.1) is 19.8 Å². The number of carbonyl (C=O) groups is 1. The molecule has 0 spiro atoms. The smallest absolute Gasteiger partial charge is 0.334 e. The summed E-state index contributed by atoms with van der Waals surface area (Å²) in [6.07, 6.45) is 5.27. The Morgan fingerprint density at radius 1 is 1.42 bits per heavy atom. The molecule has 19 heavy (non-hydrogen) atoms. The van der Waals surface area contributed by atoms with Gasteiger partial charge in [-0.25, -0.2) is 9.64 Å². The Balaban J connectivity index is 2.04. The molecule has 0 bridgehead atoms. The number of rotatable bonds is 3. The van der Waals surface area contributed by atoms with Crippen LogP contribution in [0.25, 0.3) is 10.9 Å². The van der Waals surface area contributed by atoms with Crippen molar-refractivity contribution in [3.8, 4) is 0 Å². The summed E-state index contributed by atoms with van der Waals surface area (Å²) < 4.78 is 10.2. The van der Waals surface area contributed by atoms with Crippen molar-refractivity contribution in [1.82, 2.24) is 0 Å². The summed E-state index contributed by atoms with van der Waals surface area (Å²) in [6.45, 7) is 6.87. The van der Waals surface area contributed by atoms with Crippen LogP contribution in [0.1, 0.15) is 12.0 Å². The van der Waals surface area contributed by atoms with Crippen LogP contribution in [-0.4, -0.2) is 19.2 Å². The fraction of sp³-hybridized carbons (Fsp3) is 0.200. The van der Waals surface area contributed by atoms with E-state index in [9.17, 15) is 4.79 Å². The highest BCUT2D eigenvalue weighted by molar-refractivity contribution is 5.83. The number of hydrogen-bond donors (Lipinski definition) is 0. The number of hydrogen-bond acceptors (Lipinski definition) is 3. The SMILES string of the molecule is [C-]#[N+]c1ccc(/C=C/[C@H]2CC(OC)=CC(=O)O2)cc1. The van der Waals surface area contributed by atoms with E-state index in [4.69, 9.17) is 16.0 Å². The van der Waals surface area contributed by atoms with Gasteiger partial charge >= 0.3 is 5.97 Å². The summed E-state index contributed by atoms with van der Waals surface area (Å²) in [5, 5.41) is 0. The van der Waals surface area contributed by atoms with Gasteiger partial charge < -0.3 is 9.47 Å². The third kappa shape index (κ3) is 3.46. The summed E-state index contributed by atoms with van der Waals surface area (Å²) in [5.41, 5.74) is 1.56. The van der Waals surface area contributed by atoms with Crippen molar-refractivity contribution >= 4 is 17.7 Å². The molecule has 1 heterocycles. The van der Waals surface area contributed by atoms with E-state index in [0.29, 0.717) is 17.9 Å². The van der Waals surface area contributed by atoms with Crippen LogP contribution in [0.3, 0.4) is 0 Å². The number of methoxy groups -OCH3 is 1. The highest BCUT2D eigenvalue weighted by Gasteiger charge is 2.19. The van der Waals surface area contributed by atoms with E-state index in [0.717, 1.165) is 5.56 Å². The second-order valence-electron chi connectivity index (χ2n) is 4.06. The second kappa shape index (κ2) is 5.87. The maximum absolute atomic E-state index is 11.3. The number of carbonyl (C=O) groups excluding carboxylic acids is 1. The highest BCUT2D eigenvalue weighted by atomic mass is 16.5. The van der Waals surface area contributed by atoms with Crippen LogP contribution in [-0.2, 0) is 14.3 Å². The van der Waals surface area contributed by atoms with Crippen LogP contribution < -0.4 is 0 Å². The van der Waals surface area contributed by atoms with Gasteiger partial charge in [-0.05, 0) is 11.6 Å². The minimum Gasteiger partial charge on any atom is -0.501 e. The Labute approximate surface area is 111 Å². The van der Waals surface area contributed by atoms with Crippen LogP contribution in [0.2, 0.25) is 0 Å². The zero-order valence-electron chi connectivity index (χ0n) is 10.5. The maximum atomic E-state index is 11.3. The third-order valence-corrected chi connectivity index (χ3v) is 2.74. The monoisotopic (exact) mass is 255 g/mol. The number of esters is 1. The first-order chi connectivity index (χ1) is 9.21. The van der Waals surface area contributed by atoms with Crippen molar-refractivity contribution in [3.63, 3.8) is 0 Å². The van der Waals surface area contributed by atoms with Crippen LogP contribution in [0.5, 0.6) is 0 Å². The van der Waals surface area contributed by atoms with Crippen molar-refractivity contribution in [2.45, 2.75) is 12.5 Å². The molecule has 1 aliphatic rings. The molecule has 2 rings (SSSR count). The Morgan fingerprint density at radius 2 is 2.16 bits per heavy atom. The minimum atomic E-state index is -0.388. The van der Waals surface area contributed by atoms with Crippen LogP contribution in [0, 0.1) is 6.57 Å². The zero-order valence-corrected chi connectivity index (χ0v) is 10.5. The summed E-state index contributed by atoms with van der Waals surface area (Å²) in [5.74, 6) is 0.232. The molecule has 1 aliphatic heterocycles. The zero-order chi connectivity index (χ0) is 13.7. The van der Waals surface area contributed by atoms with Crippen molar-refractivity contribution in [2.24, 2.45) is 0 Å². The van der Waals surface area contributed by atoms with E-state index in [1.807, 2.05) is 24.3 Å².